The van der Waals surface area contributed by atoms with Gasteiger partial charge in [0.1, 0.15) is 30.2 Å². The molecule has 366 valence electrons. The minimum absolute atomic E-state index is 0.0744. The molecule has 0 aliphatic heterocycles. The molecule has 3 aromatic carbocycles. The van der Waals surface area contributed by atoms with Gasteiger partial charge in [-0.25, -0.2) is 0 Å². The lowest BCUT2D eigenvalue weighted by atomic mass is 9.83. The first-order valence-electron chi connectivity index (χ1n) is 23.3. The van der Waals surface area contributed by atoms with Crippen molar-refractivity contribution in [3.05, 3.63) is 108 Å². The molecule has 17 nitrogen and oxygen atoms in total. The van der Waals surface area contributed by atoms with E-state index in [1.54, 1.807) is 40.8 Å². The van der Waals surface area contributed by atoms with Gasteiger partial charge >= 0.3 is 5.97 Å². The normalized spacial score (nSPS) is 14.9. The number of carbonyl (C=O) groups is 8. The summed E-state index contributed by atoms with van der Waals surface area (Å²) in [6, 6.07) is 18.5. The van der Waals surface area contributed by atoms with Crippen LogP contribution in [-0.2, 0) is 44.8 Å². The molecule has 0 saturated heterocycles. The van der Waals surface area contributed by atoms with E-state index in [0.29, 0.717) is 12.8 Å². The third kappa shape index (κ3) is 15.3. The average molecular weight is 937 g/mol. The second kappa shape index (κ2) is 25.9. The number of amides is 6. The molecule has 0 fully saturated rings. The van der Waals surface area contributed by atoms with Crippen molar-refractivity contribution in [1.82, 2.24) is 36.9 Å². The van der Waals surface area contributed by atoms with Crippen LogP contribution in [-0.4, -0.2) is 100 Å². The predicted octanol–water partition coefficient (Wildman–Crippen LogP) is 3.61. The van der Waals surface area contributed by atoms with Crippen LogP contribution in [0.4, 0.5) is 0 Å². The summed E-state index contributed by atoms with van der Waals surface area (Å²) in [4.78, 5) is 111. The number of nitrogens with two attached hydrogens (primary N) is 1. The van der Waals surface area contributed by atoms with Gasteiger partial charge in [-0.2, -0.15) is 0 Å². The number of hydrogen-bond donors (Lipinski definition) is 9. The molecule has 6 amide bonds. The minimum Gasteiger partial charge on any atom is -0.481 e. The van der Waals surface area contributed by atoms with Crippen molar-refractivity contribution in [3.63, 3.8) is 0 Å². The van der Waals surface area contributed by atoms with Crippen LogP contribution in [0.5, 0.6) is 0 Å². The molecule has 0 aliphatic carbocycles. The summed E-state index contributed by atoms with van der Waals surface area (Å²) in [7, 11) is 0. The third-order valence-electron chi connectivity index (χ3n) is 12.2. The summed E-state index contributed by atoms with van der Waals surface area (Å²) in [5.74, 6) is -7.93. The molecular formula is C51H68N8O9. The number of aromatic nitrogens is 1. The van der Waals surface area contributed by atoms with E-state index in [-0.39, 0.29) is 18.8 Å². The van der Waals surface area contributed by atoms with Gasteiger partial charge in [0.25, 0.3) is 0 Å². The van der Waals surface area contributed by atoms with E-state index in [4.69, 9.17) is 5.73 Å². The van der Waals surface area contributed by atoms with E-state index in [2.05, 4.69) is 36.9 Å². The van der Waals surface area contributed by atoms with Crippen LogP contribution in [0.25, 0.3) is 10.9 Å². The second-order valence-corrected chi connectivity index (χ2v) is 17.9. The molecule has 10 N–H and O–H groups in total. The molecule has 1 heterocycles. The quantitative estimate of drug-likeness (QED) is 0.0442. The van der Waals surface area contributed by atoms with E-state index < -0.39 is 114 Å². The molecule has 17 heteroatoms. The number of H-pyrrole nitrogens is 1. The number of benzene rings is 3. The van der Waals surface area contributed by atoms with Crippen LogP contribution >= 0.6 is 0 Å². The van der Waals surface area contributed by atoms with E-state index >= 15 is 0 Å². The lowest BCUT2D eigenvalue weighted by Gasteiger charge is -2.30. The van der Waals surface area contributed by atoms with Crippen molar-refractivity contribution in [2.45, 2.75) is 123 Å². The highest BCUT2D eigenvalue weighted by molar-refractivity contribution is 5.98. The Balaban J connectivity index is 1.49. The van der Waals surface area contributed by atoms with Crippen LogP contribution < -0.4 is 37.6 Å². The van der Waals surface area contributed by atoms with Crippen LogP contribution in [0.3, 0.4) is 0 Å². The monoisotopic (exact) mass is 937 g/mol. The molecule has 0 radical (unpaired) electrons. The Morgan fingerprint density at radius 3 is 1.66 bits per heavy atom. The Bertz CT molecular complexity index is 2320. The van der Waals surface area contributed by atoms with Gasteiger partial charge < -0.3 is 47.7 Å². The van der Waals surface area contributed by atoms with Gasteiger partial charge in [-0.3, -0.25) is 38.4 Å². The highest BCUT2D eigenvalue weighted by Gasteiger charge is 2.37. The summed E-state index contributed by atoms with van der Waals surface area (Å²) in [5.41, 5.74) is 9.58. The fourth-order valence-electron chi connectivity index (χ4n) is 8.03. The number of Topliss-reactive ketones (excluding diaryl/α,β-unsaturated/α-hetero) is 1. The number of ketones is 1. The smallest absolute Gasteiger partial charge is 0.305 e. The van der Waals surface area contributed by atoms with Crippen molar-refractivity contribution in [1.29, 1.82) is 0 Å². The molecule has 68 heavy (non-hydrogen) atoms. The molecule has 0 saturated carbocycles. The van der Waals surface area contributed by atoms with Crippen molar-refractivity contribution in [2.75, 3.05) is 6.54 Å². The number of aromatic amines is 1. The van der Waals surface area contributed by atoms with Gasteiger partial charge in [0, 0.05) is 29.9 Å². The van der Waals surface area contributed by atoms with Crippen molar-refractivity contribution in [3.8, 4) is 0 Å². The van der Waals surface area contributed by atoms with Crippen molar-refractivity contribution in [2.24, 2.45) is 23.5 Å². The lowest BCUT2D eigenvalue weighted by Crippen LogP contribution is -2.61. The number of para-hydroxylation sites is 1. The first kappa shape index (κ1) is 53.7. The third-order valence-corrected chi connectivity index (χ3v) is 12.2. The van der Waals surface area contributed by atoms with Gasteiger partial charge in [-0.1, -0.05) is 133 Å². The van der Waals surface area contributed by atoms with Gasteiger partial charge in [0.05, 0.1) is 19.0 Å². The number of hydrogen-bond acceptors (Lipinski definition) is 9. The predicted molar refractivity (Wildman–Crippen MR) is 259 cm³/mol. The first-order valence-corrected chi connectivity index (χ1v) is 23.3. The Labute approximate surface area is 397 Å². The summed E-state index contributed by atoms with van der Waals surface area (Å²) in [6.45, 7) is 11.5. The molecule has 0 aliphatic rings. The average Bonchev–Trinajstić information content (AvgIpc) is 3.72. The Kier molecular flexibility index (Phi) is 20.4. The fourth-order valence-corrected chi connectivity index (χ4v) is 8.03. The minimum atomic E-state index is -1.69. The van der Waals surface area contributed by atoms with Crippen LogP contribution in [0.2, 0.25) is 0 Å². The summed E-state index contributed by atoms with van der Waals surface area (Å²) < 4.78 is 0. The number of carboxylic acids is 1. The molecule has 0 unspecified atom stereocenters. The lowest BCUT2D eigenvalue weighted by molar-refractivity contribution is -0.141. The van der Waals surface area contributed by atoms with Gasteiger partial charge in [0.15, 0.2) is 5.78 Å². The highest BCUT2D eigenvalue weighted by Crippen LogP contribution is 2.29. The Hall–Kier alpha value is -6.88. The number of carboxylic acid groups (broad SMARTS) is 1. The number of fused-ring (bicyclic) bond motifs is 1. The zero-order chi connectivity index (χ0) is 50.1. The zero-order valence-corrected chi connectivity index (χ0v) is 40.0. The highest BCUT2D eigenvalue weighted by atomic mass is 16.4. The first-order chi connectivity index (χ1) is 32.3. The van der Waals surface area contributed by atoms with Crippen LogP contribution in [0.1, 0.15) is 96.8 Å². The summed E-state index contributed by atoms with van der Waals surface area (Å²) in [6.07, 6.45) is 2.05. The van der Waals surface area contributed by atoms with E-state index in [0.717, 1.165) is 27.6 Å². The summed E-state index contributed by atoms with van der Waals surface area (Å²) >= 11 is 0. The van der Waals surface area contributed by atoms with E-state index in [1.807, 2.05) is 91.9 Å². The largest absolute Gasteiger partial charge is 0.481 e. The maximum atomic E-state index is 14.1. The zero-order valence-electron chi connectivity index (χ0n) is 40.0. The van der Waals surface area contributed by atoms with Gasteiger partial charge in [-0.15, -0.1) is 0 Å². The molecular weight excluding hydrogens is 869 g/mol. The summed E-state index contributed by atoms with van der Waals surface area (Å²) in [5, 5.41) is 26.7. The Morgan fingerprint density at radius 1 is 0.618 bits per heavy atom. The van der Waals surface area contributed by atoms with Crippen molar-refractivity contribution >= 4 is 58.1 Å². The van der Waals surface area contributed by atoms with E-state index in [1.165, 1.54) is 6.92 Å². The van der Waals surface area contributed by atoms with Gasteiger partial charge in [-0.05, 0) is 53.4 Å². The molecule has 0 bridgehead atoms. The molecule has 4 rings (SSSR count). The number of nitrogens with one attached hydrogen (secondary N) is 7. The second-order valence-electron chi connectivity index (χ2n) is 17.9. The van der Waals surface area contributed by atoms with E-state index in [9.17, 15) is 43.5 Å². The maximum Gasteiger partial charge on any atom is 0.305 e. The van der Waals surface area contributed by atoms with Crippen LogP contribution in [0.15, 0.2) is 91.1 Å². The standard InChI is InChI=1S/C51H68N8O9/c1-8-30(5)44(59-51(68)45(31(6)9-2)58-47(64)37(52)25-35-27-53-38-23-17-16-22-36(35)38)50(67)57-40(26-42(62)63)49(66)56-39(24-29(3)4)48(65)54-28-41(61)46(55-32(7)60)43(33-18-12-10-13-19-33)34-20-14-11-15-21-34/h10-23,27,29-31,37,39-40,43-46,53H,8-9,24-26,28,52H2,1-7H3,(H,54,65)(H,55,60)(H,56,66)(H,57,67)(H,58,64)(H,59,68)(H,62,63)/t30-,31+,37+,39+,40-,44-,45+,46-/m1/s1. The molecule has 8 atom stereocenters. The van der Waals surface area contributed by atoms with Crippen molar-refractivity contribution < 1.29 is 43.5 Å². The number of carbonyl (C=O) groups excluding carboxylic acids is 7. The fraction of sp³-hybridized carbons (Fsp3) is 0.451. The number of aliphatic carboxylic acids is 1. The topological polar surface area (TPSA) is 271 Å². The van der Waals surface area contributed by atoms with Gasteiger partial charge in [0.2, 0.25) is 35.4 Å². The number of rotatable bonds is 26. The van der Waals surface area contributed by atoms with Crippen LogP contribution in [0, 0.1) is 17.8 Å². The maximum absolute atomic E-state index is 14.1. The molecule has 1 aromatic heterocycles. The molecule has 0 spiro atoms. The molecule has 4 aromatic rings. The SMILES string of the molecule is CC[C@@H](C)[C@@H](NC(=O)[C@@H](NC(=O)[C@@H](N)Cc1c[nH]c2ccccc12)[C@@H](C)CC)C(=O)N[C@H](CC(=O)O)C(=O)N[C@@H](CC(C)C)C(=O)NCC(=O)[C@@H](NC(C)=O)C(c1ccccc1)c1ccccc1. The Morgan fingerprint density at radius 2 is 1.13 bits per heavy atom.